The fourth-order valence-electron chi connectivity index (χ4n) is 0.763. The molecule has 0 rings (SSSR count). The molecule has 2 nitrogen and oxygen atoms in total. The highest BCUT2D eigenvalue weighted by Gasteiger charge is 2.08. The van der Waals surface area contributed by atoms with E-state index >= 15 is 0 Å². The summed E-state index contributed by atoms with van der Waals surface area (Å²) >= 11 is -1.69. The van der Waals surface area contributed by atoms with Crippen molar-refractivity contribution in [1.29, 1.82) is 0 Å². The maximum atomic E-state index is 10.5. The topological polar surface area (TPSA) is 37.3 Å². The van der Waals surface area contributed by atoms with Crippen LogP contribution in [0.2, 0.25) is 0 Å². The fourth-order valence-corrected chi connectivity index (χ4v) is 1.49. The van der Waals surface area contributed by atoms with Crippen molar-refractivity contribution in [2.75, 3.05) is 0 Å². The lowest BCUT2D eigenvalue weighted by atomic mass is 10.2. The Hall–Kier alpha value is -0.150. The Morgan fingerprint density at radius 3 is 2.60 bits per heavy atom. The van der Waals surface area contributed by atoms with Gasteiger partial charge in [0.2, 0.25) is 0 Å². The van der Waals surface area contributed by atoms with Crippen molar-refractivity contribution in [3.63, 3.8) is 0 Å². The van der Waals surface area contributed by atoms with Gasteiger partial charge in [0.15, 0.2) is 11.1 Å². The summed E-state index contributed by atoms with van der Waals surface area (Å²) in [6.45, 7) is 3.86. The third-order valence-corrected chi connectivity index (χ3v) is 2.15. The van der Waals surface area contributed by atoms with Gasteiger partial charge in [-0.1, -0.05) is 25.5 Å². The molecule has 0 saturated heterocycles. The molecule has 1 N–H and O–H groups in total. The molecule has 0 saturated carbocycles. The van der Waals surface area contributed by atoms with Gasteiger partial charge in [0.25, 0.3) is 0 Å². The summed E-state index contributed by atoms with van der Waals surface area (Å²) in [6.07, 6.45) is 5.32. The monoisotopic (exact) mass is 162 g/mol. The second kappa shape index (κ2) is 5.62. The van der Waals surface area contributed by atoms with Gasteiger partial charge < -0.3 is 4.55 Å². The Kier molecular flexibility index (Phi) is 5.54. The van der Waals surface area contributed by atoms with Gasteiger partial charge >= 0.3 is 0 Å². The van der Waals surface area contributed by atoms with Crippen LogP contribution >= 0.6 is 0 Å². The van der Waals surface area contributed by atoms with E-state index in [2.05, 4.69) is 0 Å². The minimum atomic E-state index is -1.69. The summed E-state index contributed by atoms with van der Waals surface area (Å²) in [7, 11) is 0. The number of hydrogen-bond acceptors (Lipinski definition) is 1. The van der Waals surface area contributed by atoms with Crippen LogP contribution in [0.4, 0.5) is 0 Å². The molecule has 0 aliphatic rings. The lowest BCUT2D eigenvalue weighted by Gasteiger charge is -2.04. The van der Waals surface area contributed by atoms with Crippen LogP contribution in [0, 0.1) is 0 Å². The molecular formula is C7H14O2S. The summed E-state index contributed by atoms with van der Waals surface area (Å²) in [5, 5.41) is -0.171. The minimum Gasteiger partial charge on any atom is -0.306 e. The lowest BCUT2D eigenvalue weighted by molar-refractivity contribution is 0.551. The largest absolute Gasteiger partial charge is 0.306 e. The summed E-state index contributed by atoms with van der Waals surface area (Å²) in [5.41, 5.74) is 0. The van der Waals surface area contributed by atoms with Crippen molar-refractivity contribution in [3.05, 3.63) is 12.2 Å². The van der Waals surface area contributed by atoms with Crippen LogP contribution in [0.1, 0.15) is 26.7 Å². The zero-order chi connectivity index (χ0) is 7.98. The van der Waals surface area contributed by atoms with E-state index < -0.39 is 11.1 Å². The Balaban J connectivity index is 3.85. The Morgan fingerprint density at radius 2 is 2.30 bits per heavy atom. The first kappa shape index (κ1) is 9.85. The third-order valence-electron chi connectivity index (χ3n) is 1.24. The molecular weight excluding hydrogens is 148 g/mol. The van der Waals surface area contributed by atoms with E-state index in [9.17, 15) is 4.21 Å². The molecule has 3 heteroatoms. The molecule has 2 atom stereocenters. The Morgan fingerprint density at radius 1 is 1.70 bits per heavy atom. The molecule has 0 aromatic carbocycles. The van der Waals surface area contributed by atoms with Gasteiger partial charge in [0.05, 0.1) is 5.25 Å². The molecule has 0 aromatic rings. The van der Waals surface area contributed by atoms with Crippen molar-refractivity contribution in [2.45, 2.75) is 31.9 Å². The van der Waals surface area contributed by atoms with Gasteiger partial charge in [-0.2, -0.15) is 0 Å². The smallest absolute Gasteiger partial charge is 0.159 e. The maximum absolute atomic E-state index is 10.5. The molecule has 0 heterocycles. The lowest BCUT2D eigenvalue weighted by Crippen LogP contribution is -2.10. The third kappa shape index (κ3) is 3.80. The van der Waals surface area contributed by atoms with Gasteiger partial charge in [-0.05, 0) is 13.3 Å². The molecule has 2 unspecified atom stereocenters. The summed E-state index contributed by atoms with van der Waals surface area (Å²) in [4.78, 5) is 0. The van der Waals surface area contributed by atoms with Crippen molar-refractivity contribution in [3.8, 4) is 0 Å². The summed E-state index contributed by atoms with van der Waals surface area (Å²) in [5.74, 6) is 0. The van der Waals surface area contributed by atoms with Crippen LogP contribution in [-0.2, 0) is 11.1 Å². The molecule has 0 spiro atoms. The highest BCUT2D eigenvalue weighted by molar-refractivity contribution is 7.80. The highest BCUT2D eigenvalue weighted by Crippen LogP contribution is 2.04. The molecule has 0 aromatic heterocycles. The molecule has 0 aliphatic carbocycles. The number of hydrogen-bond donors (Lipinski definition) is 1. The van der Waals surface area contributed by atoms with Crippen molar-refractivity contribution < 1.29 is 8.76 Å². The quantitative estimate of drug-likeness (QED) is 0.507. The van der Waals surface area contributed by atoms with Crippen LogP contribution in [0.5, 0.6) is 0 Å². The van der Waals surface area contributed by atoms with Gasteiger partial charge in [0.1, 0.15) is 0 Å². The zero-order valence-electron chi connectivity index (χ0n) is 6.41. The number of allylic oxidation sites excluding steroid dienone is 1. The first-order valence-corrected chi connectivity index (χ1v) is 4.61. The molecule has 60 valence electrons. The van der Waals surface area contributed by atoms with E-state index in [1.165, 1.54) is 0 Å². The van der Waals surface area contributed by atoms with Crippen molar-refractivity contribution in [2.24, 2.45) is 0 Å². The summed E-state index contributed by atoms with van der Waals surface area (Å²) < 4.78 is 19.2. The van der Waals surface area contributed by atoms with Crippen molar-refractivity contribution >= 4 is 11.1 Å². The molecule has 0 aliphatic heterocycles. The number of rotatable bonds is 4. The first-order valence-electron chi connectivity index (χ1n) is 3.44. The van der Waals surface area contributed by atoms with Crippen LogP contribution < -0.4 is 0 Å². The molecule has 10 heavy (non-hydrogen) atoms. The average Bonchev–Trinajstić information content (AvgIpc) is 1.87. The van der Waals surface area contributed by atoms with E-state index in [1.54, 1.807) is 6.08 Å². The predicted molar refractivity (Wildman–Crippen MR) is 44.3 cm³/mol. The second-order valence-corrected chi connectivity index (χ2v) is 3.29. The second-order valence-electron chi connectivity index (χ2n) is 2.13. The SMILES string of the molecule is C/C=C\C(CCC)S(=O)O. The average molecular weight is 162 g/mol. The summed E-state index contributed by atoms with van der Waals surface area (Å²) in [6, 6.07) is 0. The van der Waals surface area contributed by atoms with E-state index in [1.807, 2.05) is 19.9 Å². The van der Waals surface area contributed by atoms with Crippen LogP contribution in [0.3, 0.4) is 0 Å². The highest BCUT2D eigenvalue weighted by atomic mass is 32.2. The standard InChI is InChI=1S/C7H14O2S/c1-3-5-7(6-4-2)10(8)9/h3,5,7H,4,6H2,1-2H3,(H,8,9)/b5-3-. The minimum absolute atomic E-state index is 0.171. The fraction of sp³-hybridized carbons (Fsp3) is 0.714. The zero-order valence-corrected chi connectivity index (χ0v) is 7.23. The van der Waals surface area contributed by atoms with Gasteiger partial charge in [0, 0.05) is 0 Å². The van der Waals surface area contributed by atoms with E-state index in [4.69, 9.17) is 4.55 Å². The molecule has 0 bridgehead atoms. The van der Waals surface area contributed by atoms with Crippen molar-refractivity contribution in [1.82, 2.24) is 0 Å². The predicted octanol–water partition coefficient (Wildman–Crippen LogP) is 1.95. The first-order chi connectivity index (χ1) is 4.72. The van der Waals surface area contributed by atoms with E-state index in [-0.39, 0.29) is 5.25 Å². The van der Waals surface area contributed by atoms with E-state index in [0.717, 1.165) is 12.8 Å². The van der Waals surface area contributed by atoms with Crippen LogP contribution in [0.25, 0.3) is 0 Å². The normalized spacial score (nSPS) is 17.5. The van der Waals surface area contributed by atoms with Gasteiger partial charge in [-0.15, -0.1) is 0 Å². The van der Waals surface area contributed by atoms with E-state index in [0.29, 0.717) is 0 Å². The Labute approximate surface area is 64.6 Å². The maximum Gasteiger partial charge on any atom is 0.159 e. The van der Waals surface area contributed by atoms with Crippen LogP contribution in [-0.4, -0.2) is 14.0 Å². The van der Waals surface area contributed by atoms with Crippen LogP contribution in [0.15, 0.2) is 12.2 Å². The molecule has 0 amide bonds. The Bertz CT molecular complexity index is 132. The molecule has 0 fully saturated rings. The molecule has 0 radical (unpaired) electrons. The van der Waals surface area contributed by atoms with Gasteiger partial charge in [-0.25, -0.2) is 4.21 Å². The van der Waals surface area contributed by atoms with Gasteiger partial charge in [-0.3, -0.25) is 0 Å².